The van der Waals surface area contributed by atoms with Crippen LogP contribution in [0.25, 0.3) is 22.3 Å². The average molecular weight is 533 g/mol. The van der Waals surface area contributed by atoms with Crippen LogP contribution in [-0.2, 0) is 4.79 Å². The zero-order chi connectivity index (χ0) is 27.9. The van der Waals surface area contributed by atoms with Crippen molar-refractivity contribution in [3.05, 3.63) is 103 Å². The molecule has 4 N–H and O–H groups in total. The van der Waals surface area contributed by atoms with Gasteiger partial charge >= 0.3 is 0 Å². The summed E-state index contributed by atoms with van der Waals surface area (Å²) in [6.45, 7) is 0.673. The summed E-state index contributed by atoms with van der Waals surface area (Å²) in [6, 6.07) is 19.9. The quantitative estimate of drug-likeness (QED) is 0.195. The lowest BCUT2D eigenvalue weighted by Crippen LogP contribution is -2.13. The van der Waals surface area contributed by atoms with Gasteiger partial charge in [0.15, 0.2) is 0 Å². The first kappa shape index (κ1) is 26.3. The Bertz CT molecular complexity index is 1680. The van der Waals surface area contributed by atoms with Crippen LogP contribution in [0.5, 0.6) is 0 Å². The first-order valence-electron chi connectivity index (χ1n) is 12.6. The van der Waals surface area contributed by atoms with Gasteiger partial charge in [-0.15, -0.1) is 0 Å². The van der Waals surface area contributed by atoms with E-state index in [0.29, 0.717) is 29.3 Å². The number of likely N-dealkylation sites (N-methyl/N-ethyl adjacent to an activating group) is 1. The second-order valence-corrected chi connectivity index (χ2v) is 9.32. The van der Waals surface area contributed by atoms with Gasteiger partial charge in [0.05, 0.1) is 5.69 Å². The minimum absolute atomic E-state index is 0.224. The highest BCUT2D eigenvalue weighted by atomic mass is 16.2. The van der Waals surface area contributed by atoms with Crippen molar-refractivity contribution in [3.63, 3.8) is 0 Å². The van der Waals surface area contributed by atoms with Crippen LogP contribution in [0.3, 0.4) is 0 Å². The van der Waals surface area contributed by atoms with Gasteiger partial charge in [-0.05, 0) is 68.7 Å². The number of rotatable bonds is 9. The number of pyridine rings is 1. The van der Waals surface area contributed by atoms with Crippen molar-refractivity contribution in [2.24, 2.45) is 0 Å². The highest BCUT2D eigenvalue weighted by Crippen LogP contribution is 2.24. The van der Waals surface area contributed by atoms with Crippen LogP contribution < -0.4 is 16.0 Å². The Hall–Kier alpha value is -5.35. The van der Waals surface area contributed by atoms with E-state index in [-0.39, 0.29) is 11.8 Å². The Kier molecular flexibility index (Phi) is 7.89. The summed E-state index contributed by atoms with van der Waals surface area (Å²) in [7, 11) is 3.86. The fourth-order valence-electron chi connectivity index (χ4n) is 3.95. The molecule has 0 aliphatic heterocycles. The Morgan fingerprint density at radius 2 is 1.73 bits per heavy atom. The van der Waals surface area contributed by atoms with Gasteiger partial charge in [-0.2, -0.15) is 0 Å². The third-order valence-corrected chi connectivity index (χ3v) is 5.91. The second-order valence-electron chi connectivity index (χ2n) is 9.32. The van der Waals surface area contributed by atoms with Gasteiger partial charge < -0.3 is 25.8 Å². The van der Waals surface area contributed by atoms with Crippen molar-refractivity contribution in [3.8, 4) is 11.3 Å². The zero-order valence-corrected chi connectivity index (χ0v) is 22.1. The smallest absolute Gasteiger partial charge is 0.255 e. The van der Waals surface area contributed by atoms with Crippen LogP contribution in [0, 0.1) is 0 Å². The molecule has 0 radical (unpaired) electrons. The molecule has 0 unspecified atom stereocenters. The molecule has 40 heavy (non-hydrogen) atoms. The van der Waals surface area contributed by atoms with Crippen molar-refractivity contribution in [2.75, 3.05) is 36.6 Å². The lowest BCUT2D eigenvalue weighted by atomic mass is 10.1. The van der Waals surface area contributed by atoms with Gasteiger partial charge in [-0.1, -0.05) is 12.1 Å². The Balaban J connectivity index is 1.21. The van der Waals surface area contributed by atoms with Crippen molar-refractivity contribution in [2.45, 2.75) is 0 Å². The molecule has 5 aromatic rings. The summed E-state index contributed by atoms with van der Waals surface area (Å²) in [5, 5.41) is 9.96. The van der Waals surface area contributed by atoms with E-state index >= 15 is 0 Å². The molecule has 0 bridgehead atoms. The molecular formula is C30H28N8O2. The normalized spacial score (nSPS) is 11.2. The fraction of sp³-hybridized carbons (Fsp3) is 0.100. The summed E-state index contributed by atoms with van der Waals surface area (Å²) in [5.74, 6) is 0.118. The molecule has 0 saturated carbocycles. The molecule has 10 heteroatoms. The lowest BCUT2D eigenvalue weighted by molar-refractivity contribution is -0.111. The second kappa shape index (κ2) is 12.0. The highest BCUT2D eigenvalue weighted by molar-refractivity contribution is 6.05. The Morgan fingerprint density at radius 1 is 0.900 bits per heavy atom. The van der Waals surface area contributed by atoms with E-state index in [1.165, 1.54) is 12.4 Å². The minimum Gasteiger partial charge on any atom is -0.346 e. The summed E-state index contributed by atoms with van der Waals surface area (Å²) >= 11 is 0. The van der Waals surface area contributed by atoms with Gasteiger partial charge in [0, 0.05) is 64.7 Å². The van der Waals surface area contributed by atoms with Gasteiger partial charge in [-0.3, -0.25) is 9.59 Å². The van der Waals surface area contributed by atoms with Crippen molar-refractivity contribution >= 4 is 45.7 Å². The summed E-state index contributed by atoms with van der Waals surface area (Å²) in [6.07, 6.45) is 8.39. The molecule has 200 valence electrons. The highest BCUT2D eigenvalue weighted by Gasteiger charge is 2.09. The van der Waals surface area contributed by atoms with Crippen LogP contribution in [-0.4, -0.2) is 57.3 Å². The number of nitrogens with one attached hydrogen (secondary N) is 4. The molecule has 0 fully saturated rings. The van der Waals surface area contributed by atoms with Crippen LogP contribution in [0.4, 0.5) is 22.9 Å². The number of hydrogen-bond donors (Lipinski definition) is 4. The molecule has 0 atom stereocenters. The number of fused-ring (bicyclic) bond motifs is 1. The van der Waals surface area contributed by atoms with Crippen molar-refractivity contribution in [1.82, 2.24) is 24.8 Å². The molecule has 3 heterocycles. The molecule has 0 aliphatic carbocycles. The Labute approximate surface area is 231 Å². The maximum Gasteiger partial charge on any atom is 0.255 e. The zero-order valence-electron chi connectivity index (χ0n) is 22.1. The standard InChI is InChI=1S/C30H28N8O2/c1-38(2)14-4-7-28(39)36-23-10-8-20(9-11-23)30(40)37-25-6-3-5-24(16-25)35-27-17-26(33-19-34-27)22-15-21-12-13-31-29(21)32-18-22/h3-13,15-19H,14H2,1-2H3,(H,31,32)(H,36,39)(H,37,40)(H,33,34,35). The molecular weight excluding hydrogens is 504 g/mol. The van der Waals surface area contributed by atoms with Crippen LogP contribution in [0.1, 0.15) is 10.4 Å². The van der Waals surface area contributed by atoms with Gasteiger partial charge in [0.1, 0.15) is 17.8 Å². The SMILES string of the molecule is CN(C)CC=CC(=O)Nc1ccc(C(=O)Nc2cccc(Nc3cc(-c4cnc5[nH]ccc5c4)ncn3)c2)cc1. The monoisotopic (exact) mass is 532 g/mol. The van der Waals surface area contributed by atoms with E-state index in [1.807, 2.05) is 61.6 Å². The predicted octanol–water partition coefficient (Wildman–Crippen LogP) is 5.07. The van der Waals surface area contributed by atoms with E-state index in [2.05, 4.69) is 35.9 Å². The topological polar surface area (TPSA) is 128 Å². The van der Waals surface area contributed by atoms with E-state index < -0.39 is 0 Å². The minimum atomic E-state index is -0.266. The summed E-state index contributed by atoms with van der Waals surface area (Å²) < 4.78 is 0. The first-order chi connectivity index (χ1) is 19.4. The van der Waals surface area contributed by atoms with Crippen LogP contribution in [0.2, 0.25) is 0 Å². The summed E-state index contributed by atoms with van der Waals surface area (Å²) in [5.41, 5.74) is 4.88. The number of aromatic amines is 1. The number of benzene rings is 2. The molecule has 10 nitrogen and oxygen atoms in total. The number of aromatic nitrogens is 4. The molecule has 2 amide bonds. The van der Waals surface area contributed by atoms with Crippen LogP contribution in [0.15, 0.2) is 97.6 Å². The molecule has 0 saturated heterocycles. The number of anilines is 4. The van der Waals surface area contributed by atoms with Gasteiger partial charge in [0.25, 0.3) is 5.91 Å². The third-order valence-electron chi connectivity index (χ3n) is 5.91. The maximum atomic E-state index is 12.8. The number of amides is 2. The number of carbonyl (C=O) groups is 2. The van der Waals surface area contributed by atoms with E-state index in [9.17, 15) is 9.59 Å². The number of carbonyl (C=O) groups excluding carboxylic acids is 2. The lowest BCUT2D eigenvalue weighted by Gasteiger charge is -2.10. The van der Waals surface area contributed by atoms with Gasteiger partial charge in [-0.25, -0.2) is 15.0 Å². The molecule has 2 aromatic carbocycles. The molecule has 5 rings (SSSR count). The molecule has 3 aromatic heterocycles. The average Bonchev–Trinajstić information content (AvgIpc) is 3.42. The first-order valence-corrected chi connectivity index (χ1v) is 12.6. The van der Waals surface area contributed by atoms with Crippen molar-refractivity contribution in [1.29, 1.82) is 0 Å². The van der Waals surface area contributed by atoms with E-state index in [4.69, 9.17) is 0 Å². The number of nitrogens with zero attached hydrogens (tertiary/aromatic N) is 4. The fourth-order valence-corrected chi connectivity index (χ4v) is 3.95. The molecule has 0 aliphatic rings. The van der Waals surface area contributed by atoms with E-state index in [1.54, 1.807) is 42.6 Å². The van der Waals surface area contributed by atoms with Gasteiger partial charge in [0.2, 0.25) is 5.91 Å². The predicted molar refractivity (Wildman–Crippen MR) is 158 cm³/mol. The van der Waals surface area contributed by atoms with Crippen molar-refractivity contribution < 1.29 is 9.59 Å². The number of hydrogen-bond acceptors (Lipinski definition) is 7. The largest absolute Gasteiger partial charge is 0.346 e. The molecule has 0 spiro atoms. The third kappa shape index (κ3) is 6.74. The van der Waals surface area contributed by atoms with Crippen LogP contribution >= 0.6 is 0 Å². The summed E-state index contributed by atoms with van der Waals surface area (Å²) in [4.78, 5) is 43.1. The number of H-pyrrole nitrogens is 1. The Morgan fingerprint density at radius 3 is 2.55 bits per heavy atom. The maximum absolute atomic E-state index is 12.8. The van der Waals surface area contributed by atoms with E-state index in [0.717, 1.165) is 28.0 Å².